The van der Waals surface area contributed by atoms with E-state index >= 15 is 0 Å². The van der Waals surface area contributed by atoms with Gasteiger partial charge in [0.1, 0.15) is 11.5 Å². The average Bonchev–Trinajstić information content (AvgIpc) is 3.29. The lowest BCUT2D eigenvalue weighted by Crippen LogP contribution is -2.41. The van der Waals surface area contributed by atoms with Crippen LogP contribution in [0.3, 0.4) is 0 Å². The summed E-state index contributed by atoms with van der Waals surface area (Å²) in [6.45, 7) is 8.02. The molecule has 0 aliphatic carbocycles. The van der Waals surface area contributed by atoms with E-state index in [0.29, 0.717) is 17.8 Å². The number of nitrogens with zero attached hydrogens (tertiary/aromatic N) is 2. The van der Waals surface area contributed by atoms with E-state index in [2.05, 4.69) is 5.16 Å². The molecule has 1 aromatic carbocycles. The molecule has 2 saturated heterocycles. The van der Waals surface area contributed by atoms with E-state index in [4.69, 9.17) is 13.8 Å². The van der Waals surface area contributed by atoms with Crippen LogP contribution < -0.4 is 5.46 Å². The van der Waals surface area contributed by atoms with Gasteiger partial charge in [-0.3, -0.25) is 4.79 Å². The maximum Gasteiger partial charge on any atom is 0.497 e. The summed E-state index contributed by atoms with van der Waals surface area (Å²) in [7, 11) is 0.759. The van der Waals surface area contributed by atoms with Crippen molar-refractivity contribution in [1.29, 1.82) is 0 Å². The van der Waals surface area contributed by atoms with E-state index in [1.165, 1.54) is 17.0 Å². The third-order valence-electron chi connectivity index (χ3n) is 6.23. The second-order valence-electron chi connectivity index (χ2n) is 8.74. The van der Waals surface area contributed by atoms with Gasteiger partial charge >= 0.3 is 7.12 Å². The summed E-state index contributed by atoms with van der Waals surface area (Å²) in [6, 6.07) is 5.97. The number of aromatic nitrogens is 1. The first-order valence-corrected chi connectivity index (χ1v) is 9.55. The minimum atomic E-state index is -1.73. The molecule has 1 atom stereocenters. The highest BCUT2D eigenvalue weighted by molar-refractivity contribution is 6.62. The van der Waals surface area contributed by atoms with Crippen LogP contribution in [0.5, 0.6) is 0 Å². The van der Waals surface area contributed by atoms with E-state index in [-0.39, 0.29) is 17.6 Å². The molecule has 2 aliphatic rings. The van der Waals surface area contributed by atoms with E-state index in [0.717, 1.165) is 0 Å². The lowest BCUT2D eigenvalue weighted by Gasteiger charge is -2.32. The first kappa shape index (κ1) is 20.1. The summed E-state index contributed by atoms with van der Waals surface area (Å²) in [5.41, 5.74) is -1.73. The summed E-state index contributed by atoms with van der Waals surface area (Å²) < 4.78 is 31.7. The molecular weight excluding hydrogens is 378 g/mol. The van der Waals surface area contributed by atoms with Gasteiger partial charge in [0.15, 0.2) is 5.76 Å². The quantitative estimate of drug-likeness (QED) is 0.789. The molecule has 0 radical (unpaired) electrons. The minimum absolute atomic E-state index is 0.0726. The number of likely N-dealkylation sites (N-methyl/N-ethyl adjacent to an activating group) is 1. The second-order valence-corrected chi connectivity index (χ2v) is 8.74. The zero-order valence-electron chi connectivity index (χ0n) is 17.2. The molecule has 0 spiro atoms. The van der Waals surface area contributed by atoms with Crippen molar-refractivity contribution in [2.24, 2.45) is 0 Å². The summed E-state index contributed by atoms with van der Waals surface area (Å²) >= 11 is 0. The topological polar surface area (TPSA) is 85.0 Å². The number of benzene rings is 1. The van der Waals surface area contributed by atoms with Crippen LogP contribution in [0.15, 0.2) is 28.8 Å². The van der Waals surface area contributed by atoms with Crippen molar-refractivity contribution in [2.45, 2.75) is 50.9 Å². The van der Waals surface area contributed by atoms with Gasteiger partial charge in [0.25, 0.3) is 5.91 Å². The zero-order valence-corrected chi connectivity index (χ0v) is 17.2. The Bertz CT molecular complexity index is 960. The van der Waals surface area contributed by atoms with Crippen LogP contribution in [0.1, 0.15) is 39.9 Å². The number of carbonyl (C=O) groups is 1. The summed E-state index contributed by atoms with van der Waals surface area (Å²) in [5, 5.41) is 14.7. The van der Waals surface area contributed by atoms with Gasteiger partial charge in [-0.2, -0.15) is 0 Å². The van der Waals surface area contributed by atoms with Crippen molar-refractivity contribution >= 4 is 18.5 Å². The van der Waals surface area contributed by atoms with Crippen LogP contribution in [0.2, 0.25) is 0 Å². The molecule has 154 valence electrons. The zero-order chi connectivity index (χ0) is 21.2. The van der Waals surface area contributed by atoms with Gasteiger partial charge in [0.05, 0.1) is 11.2 Å². The predicted molar refractivity (Wildman–Crippen MR) is 104 cm³/mol. The third-order valence-corrected chi connectivity index (χ3v) is 6.23. The standard InChI is InChI=1S/C20H24BFN2O5/c1-18(2)19(3,4)29-21(28-18)13-10-12(6-7-14(13)22)15-11-16(27-23-15)20(26)8-9-24(5)17(20)25/h6-7,10-11,26H,8-9H2,1-5H3. The number of rotatable bonds is 3. The van der Waals surface area contributed by atoms with Crippen LogP contribution in [0.4, 0.5) is 4.39 Å². The largest absolute Gasteiger partial charge is 0.497 e. The third kappa shape index (κ3) is 3.08. The highest BCUT2D eigenvalue weighted by Gasteiger charge is 2.52. The molecule has 7 nitrogen and oxygen atoms in total. The number of hydrogen-bond acceptors (Lipinski definition) is 6. The Balaban J connectivity index is 1.66. The monoisotopic (exact) mass is 402 g/mol. The second kappa shape index (κ2) is 6.39. The molecule has 2 aliphatic heterocycles. The molecule has 3 heterocycles. The molecular formula is C20H24BFN2O5. The molecule has 29 heavy (non-hydrogen) atoms. The van der Waals surface area contributed by atoms with Crippen molar-refractivity contribution < 1.29 is 28.1 Å². The molecule has 9 heteroatoms. The normalized spacial score (nSPS) is 25.8. The summed E-state index contributed by atoms with van der Waals surface area (Å²) in [4.78, 5) is 13.7. The van der Waals surface area contributed by atoms with Crippen LogP contribution in [0.25, 0.3) is 11.3 Å². The van der Waals surface area contributed by atoms with Gasteiger partial charge in [-0.05, 0) is 45.9 Å². The molecule has 0 bridgehead atoms. The number of halogens is 1. The summed E-state index contributed by atoms with van der Waals surface area (Å²) in [6.07, 6.45) is 0.222. The first-order chi connectivity index (χ1) is 13.4. The van der Waals surface area contributed by atoms with Gasteiger partial charge in [0, 0.05) is 37.1 Å². The fourth-order valence-electron chi connectivity index (χ4n) is 3.54. The molecule has 2 aromatic rings. The molecule has 2 fully saturated rings. The Kier molecular flexibility index (Phi) is 4.42. The van der Waals surface area contributed by atoms with Gasteiger partial charge in [-0.25, -0.2) is 4.39 Å². The predicted octanol–water partition coefficient (Wildman–Crippen LogP) is 1.83. The highest BCUT2D eigenvalue weighted by atomic mass is 19.1. The Labute approximate surface area is 168 Å². The first-order valence-electron chi connectivity index (χ1n) is 9.55. The number of carbonyl (C=O) groups excluding carboxylic acids is 1. The van der Waals surface area contributed by atoms with Gasteiger partial charge < -0.3 is 23.8 Å². The molecule has 0 saturated carbocycles. The Morgan fingerprint density at radius 2 is 1.83 bits per heavy atom. The summed E-state index contributed by atoms with van der Waals surface area (Å²) in [5.74, 6) is -0.817. The van der Waals surface area contributed by atoms with Crippen LogP contribution in [-0.2, 0) is 19.7 Å². The molecule has 4 rings (SSSR count). The molecule has 1 unspecified atom stereocenters. The number of hydrogen-bond donors (Lipinski definition) is 1. The lowest BCUT2D eigenvalue weighted by molar-refractivity contribution is -0.144. The van der Waals surface area contributed by atoms with Crippen LogP contribution >= 0.6 is 0 Å². The highest BCUT2D eigenvalue weighted by Crippen LogP contribution is 2.37. The van der Waals surface area contributed by atoms with Crippen LogP contribution in [0, 0.1) is 5.82 Å². The number of amides is 1. The van der Waals surface area contributed by atoms with E-state index in [1.807, 2.05) is 27.7 Å². The van der Waals surface area contributed by atoms with E-state index < -0.39 is 35.6 Å². The van der Waals surface area contributed by atoms with Crippen molar-refractivity contribution in [1.82, 2.24) is 10.1 Å². The Morgan fingerprint density at radius 1 is 1.17 bits per heavy atom. The van der Waals surface area contributed by atoms with Crippen molar-refractivity contribution in [3.8, 4) is 11.3 Å². The Hall–Kier alpha value is -2.23. The van der Waals surface area contributed by atoms with Crippen LogP contribution in [-0.4, -0.2) is 53.0 Å². The van der Waals surface area contributed by atoms with Gasteiger partial charge in [-0.1, -0.05) is 5.16 Å². The van der Waals surface area contributed by atoms with Gasteiger partial charge in [-0.15, -0.1) is 0 Å². The van der Waals surface area contributed by atoms with E-state index in [1.54, 1.807) is 19.2 Å². The van der Waals surface area contributed by atoms with Crippen molar-refractivity contribution in [3.63, 3.8) is 0 Å². The molecule has 1 N–H and O–H groups in total. The Morgan fingerprint density at radius 3 is 2.41 bits per heavy atom. The lowest BCUT2D eigenvalue weighted by atomic mass is 9.77. The average molecular weight is 402 g/mol. The minimum Gasteiger partial charge on any atom is -0.399 e. The number of aliphatic hydroxyl groups is 1. The van der Waals surface area contributed by atoms with E-state index in [9.17, 15) is 14.3 Å². The SMILES string of the molecule is CN1CCC(O)(c2cc(-c3ccc(F)c(B4OC(C)(C)C(C)(C)O4)c3)no2)C1=O. The maximum atomic E-state index is 14.6. The maximum absolute atomic E-state index is 14.6. The fraction of sp³-hybridized carbons (Fsp3) is 0.500. The number of likely N-dealkylation sites (tertiary alicyclic amines) is 1. The smallest absolute Gasteiger partial charge is 0.399 e. The van der Waals surface area contributed by atoms with Crippen molar-refractivity contribution in [2.75, 3.05) is 13.6 Å². The van der Waals surface area contributed by atoms with Gasteiger partial charge in [0.2, 0.25) is 5.60 Å². The van der Waals surface area contributed by atoms with Crippen molar-refractivity contribution in [3.05, 3.63) is 35.8 Å². The molecule has 1 amide bonds. The fourth-order valence-corrected chi connectivity index (χ4v) is 3.54. The molecule has 1 aromatic heterocycles.